The van der Waals surface area contributed by atoms with Crippen molar-refractivity contribution >= 4 is 24.0 Å². The molecule has 0 amide bonds. The molecule has 0 atom stereocenters. The molecule has 23 heavy (non-hydrogen) atoms. The van der Waals surface area contributed by atoms with Crippen molar-refractivity contribution in [1.82, 2.24) is 40.0 Å². The van der Waals surface area contributed by atoms with Crippen LogP contribution in [0.1, 0.15) is 13.8 Å². The van der Waals surface area contributed by atoms with Gasteiger partial charge in [0.2, 0.25) is 0 Å². The Hall–Kier alpha value is -3.44. The number of allylic oxidation sites excluding steroid dienone is 2. The summed E-state index contributed by atoms with van der Waals surface area (Å²) in [6, 6.07) is 0. The number of ketones is 2. The highest BCUT2D eigenvalue weighted by Gasteiger charge is 1.97. The molecule has 12 nitrogen and oxygen atoms in total. The quantitative estimate of drug-likeness (QED) is 0.639. The largest absolute Gasteiger partial charge is 0.367 e. The van der Waals surface area contributed by atoms with E-state index in [0.717, 1.165) is 14.0 Å². The Morgan fingerprint density at radius 2 is 1.52 bits per heavy atom. The average molecular weight is 322 g/mol. The lowest BCUT2D eigenvalue weighted by atomic mass is 10.4. The fourth-order valence-electron chi connectivity index (χ4n) is 1.08. The van der Waals surface area contributed by atoms with E-state index in [1.807, 2.05) is 0 Å². The molecule has 0 fully saturated rings. The van der Waals surface area contributed by atoms with Gasteiger partial charge in [0.25, 0.3) is 0 Å². The topological polar surface area (TPSA) is 150 Å². The van der Waals surface area contributed by atoms with E-state index >= 15 is 0 Å². The Labute approximate surface area is 128 Å². The van der Waals surface area contributed by atoms with Crippen molar-refractivity contribution in [3.05, 3.63) is 33.1 Å². The second kappa shape index (κ2) is 8.11. The van der Waals surface area contributed by atoms with E-state index < -0.39 is 5.69 Å². The molecule has 0 radical (unpaired) electrons. The summed E-state index contributed by atoms with van der Waals surface area (Å²) in [7, 11) is 1.48. The predicted octanol–water partition coefficient (Wildman–Crippen LogP) is -1.94. The highest BCUT2D eigenvalue weighted by Crippen LogP contribution is 1.78. The number of carbonyl (C=O) groups is 2. The van der Waals surface area contributed by atoms with E-state index in [4.69, 9.17) is 0 Å². The van der Waals surface area contributed by atoms with Crippen LogP contribution >= 0.6 is 0 Å². The van der Waals surface area contributed by atoms with Crippen molar-refractivity contribution in [3.63, 3.8) is 0 Å². The van der Waals surface area contributed by atoms with E-state index in [1.165, 1.54) is 45.4 Å². The highest BCUT2D eigenvalue weighted by molar-refractivity contribution is 5.90. The number of aryl methyl sites for hydroxylation is 1. The molecule has 12 heteroatoms. The first-order valence-corrected chi connectivity index (χ1v) is 6.17. The highest BCUT2D eigenvalue weighted by atomic mass is 16.2. The standard InChI is InChI=1S/C6H8N4O2.C5H6N4O2/c1-5(11)3-4-10-6(12)9(2)7-8-10;1-4(10)2-3-9-5(11)6-7-8-9/h3-4H,1-2H3;2-3H,1H3,(H,6,8,11)/b4-3+;3-2+. The van der Waals surface area contributed by atoms with Crippen LogP contribution in [0, 0.1) is 0 Å². The number of nitrogens with one attached hydrogen (secondary N) is 1. The Balaban J connectivity index is 0.000000231. The molecule has 0 unspecified atom stereocenters. The van der Waals surface area contributed by atoms with Gasteiger partial charge in [-0.15, -0.1) is 0 Å². The maximum atomic E-state index is 11.0. The second-order valence-corrected chi connectivity index (χ2v) is 4.13. The SMILES string of the molecule is CC(=O)/C=C/n1nn[nH]c1=O.CC(=O)/C=C/n1nnn(C)c1=O. The summed E-state index contributed by atoms with van der Waals surface area (Å²) in [5.74, 6) is -0.299. The van der Waals surface area contributed by atoms with Gasteiger partial charge in [0.15, 0.2) is 11.6 Å². The minimum absolute atomic E-state index is 0.146. The number of H-pyrrole nitrogens is 1. The number of hydrogen-bond donors (Lipinski definition) is 1. The average Bonchev–Trinajstić information content (AvgIpc) is 3.03. The summed E-state index contributed by atoms with van der Waals surface area (Å²) < 4.78 is 2.99. The zero-order valence-corrected chi connectivity index (χ0v) is 12.6. The van der Waals surface area contributed by atoms with Crippen LogP contribution in [0.25, 0.3) is 12.4 Å². The molecule has 0 aliphatic carbocycles. The summed E-state index contributed by atoms with van der Waals surface area (Å²) in [6.07, 6.45) is 4.99. The van der Waals surface area contributed by atoms with Crippen molar-refractivity contribution in [2.75, 3.05) is 0 Å². The molecule has 0 aliphatic heterocycles. The third-order valence-corrected chi connectivity index (χ3v) is 2.14. The lowest BCUT2D eigenvalue weighted by Crippen LogP contribution is -2.19. The van der Waals surface area contributed by atoms with Gasteiger partial charge in [0, 0.05) is 19.4 Å². The van der Waals surface area contributed by atoms with Crippen LogP contribution in [0.5, 0.6) is 0 Å². The summed E-state index contributed by atoms with van der Waals surface area (Å²) >= 11 is 0. The molecular weight excluding hydrogens is 308 g/mol. The minimum atomic E-state index is -0.470. The lowest BCUT2D eigenvalue weighted by Gasteiger charge is -1.82. The molecule has 0 saturated carbocycles. The molecule has 2 aromatic heterocycles. The van der Waals surface area contributed by atoms with Crippen LogP contribution in [0.2, 0.25) is 0 Å². The van der Waals surface area contributed by atoms with E-state index in [2.05, 4.69) is 26.0 Å². The van der Waals surface area contributed by atoms with Crippen molar-refractivity contribution in [2.45, 2.75) is 13.8 Å². The molecule has 0 bridgehead atoms. The van der Waals surface area contributed by atoms with Crippen molar-refractivity contribution in [3.8, 4) is 0 Å². The first-order chi connectivity index (χ1) is 10.8. The van der Waals surface area contributed by atoms with Crippen LogP contribution < -0.4 is 11.4 Å². The Kier molecular flexibility index (Phi) is 6.21. The third kappa shape index (κ3) is 5.82. The van der Waals surface area contributed by atoms with E-state index in [-0.39, 0.29) is 17.3 Å². The normalized spacial score (nSPS) is 10.7. The van der Waals surface area contributed by atoms with Crippen molar-refractivity contribution < 1.29 is 9.59 Å². The van der Waals surface area contributed by atoms with Gasteiger partial charge in [0.1, 0.15) is 0 Å². The third-order valence-electron chi connectivity index (χ3n) is 2.14. The van der Waals surface area contributed by atoms with Crippen molar-refractivity contribution in [2.24, 2.45) is 7.05 Å². The zero-order chi connectivity index (χ0) is 17.4. The smallest absolute Gasteiger partial charge is 0.295 e. The predicted molar refractivity (Wildman–Crippen MR) is 77.9 cm³/mol. The number of carbonyl (C=O) groups excluding carboxylic acids is 2. The maximum Gasteiger partial charge on any atom is 0.367 e. The molecular formula is C11H14N8O4. The Morgan fingerprint density at radius 3 is 1.91 bits per heavy atom. The summed E-state index contributed by atoms with van der Waals surface area (Å²) in [6.45, 7) is 2.76. The molecule has 0 spiro atoms. The number of aromatic amines is 1. The molecule has 2 aromatic rings. The number of tetrazole rings is 2. The van der Waals surface area contributed by atoms with Crippen LogP contribution in [-0.4, -0.2) is 51.6 Å². The molecule has 0 aromatic carbocycles. The fraction of sp³-hybridized carbons (Fsp3) is 0.273. The van der Waals surface area contributed by atoms with Gasteiger partial charge in [-0.25, -0.2) is 14.7 Å². The summed E-state index contributed by atoms with van der Waals surface area (Å²) in [4.78, 5) is 42.5. The zero-order valence-electron chi connectivity index (χ0n) is 12.6. The van der Waals surface area contributed by atoms with Gasteiger partial charge >= 0.3 is 11.4 Å². The van der Waals surface area contributed by atoms with Crippen LogP contribution in [0.3, 0.4) is 0 Å². The van der Waals surface area contributed by atoms with Crippen LogP contribution in [0.15, 0.2) is 21.7 Å². The molecule has 0 aliphatic rings. The van der Waals surface area contributed by atoms with E-state index in [0.29, 0.717) is 0 Å². The van der Waals surface area contributed by atoms with Crippen LogP contribution in [-0.2, 0) is 16.6 Å². The Bertz CT molecular complexity index is 850. The van der Waals surface area contributed by atoms with Crippen molar-refractivity contribution in [1.29, 1.82) is 0 Å². The lowest BCUT2D eigenvalue weighted by molar-refractivity contribution is -0.113. The summed E-state index contributed by atoms with van der Waals surface area (Å²) in [5, 5.41) is 15.6. The first-order valence-electron chi connectivity index (χ1n) is 6.17. The Morgan fingerprint density at radius 1 is 0.957 bits per heavy atom. The number of aromatic nitrogens is 8. The molecule has 1 N–H and O–H groups in total. The summed E-state index contributed by atoms with van der Waals surface area (Å²) in [5.41, 5.74) is -0.852. The molecule has 2 rings (SSSR count). The van der Waals surface area contributed by atoms with E-state index in [1.54, 1.807) is 0 Å². The number of nitrogens with zero attached hydrogens (tertiary/aromatic N) is 7. The van der Waals surface area contributed by atoms with Gasteiger partial charge in [-0.1, -0.05) is 0 Å². The second-order valence-electron chi connectivity index (χ2n) is 4.13. The fourth-order valence-corrected chi connectivity index (χ4v) is 1.08. The minimum Gasteiger partial charge on any atom is -0.295 e. The van der Waals surface area contributed by atoms with Gasteiger partial charge in [-0.2, -0.15) is 14.0 Å². The molecule has 122 valence electrons. The van der Waals surface area contributed by atoms with Gasteiger partial charge in [-0.05, 0) is 46.9 Å². The molecule has 0 saturated heterocycles. The maximum absolute atomic E-state index is 11.0. The number of rotatable bonds is 4. The van der Waals surface area contributed by atoms with Gasteiger partial charge in [-0.3, -0.25) is 9.59 Å². The molecule has 2 heterocycles. The van der Waals surface area contributed by atoms with Gasteiger partial charge in [0.05, 0.1) is 0 Å². The first kappa shape index (κ1) is 17.6. The van der Waals surface area contributed by atoms with E-state index in [9.17, 15) is 19.2 Å². The monoisotopic (exact) mass is 322 g/mol. The number of hydrogen-bond acceptors (Lipinski definition) is 8. The van der Waals surface area contributed by atoms with Crippen LogP contribution in [0.4, 0.5) is 0 Å². The van der Waals surface area contributed by atoms with Gasteiger partial charge < -0.3 is 0 Å².